The monoisotopic (exact) mass is 504 g/mol. The quantitative estimate of drug-likeness (QED) is 0.349. The number of nitrogens with one attached hydrogen (secondary N) is 1. The minimum Gasteiger partial charge on any atom is -0.355 e. The maximum Gasteiger partial charge on any atom is 0.279 e. The third-order valence-electron chi connectivity index (χ3n) is 4.36. The van der Waals surface area contributed by atoms with Crippen molar-refractivity contribution in [2.75, 3.05) is 5.32 Å². The van der Waals surface area contributed by atoms with E-state index in [1.54, 1.807) is 29.1 Å². The molecule has 0 fully saturated rings. The van der Waals surface area contributed by atoms with Crippen LogP contribution in [0.4, 0.5) is 5.82 Å². The molecule has 1 N–H and O–H groups in total. The maximum atomic E-state index is 12.6. The summed E-state index contributed by atoms with van der Waals surface area (Å²) in [4.78, 5) is 12.6. The van der Waals surface area contributed by atoms with E-state index in [0.29, 0.717) is 32.6 Å². The van der Waals surface area contributed by atoms with Crippen LogP contribution in [0.25, 0.3) is 11.3 Å². The SMILES string of the molecule is Cc1ccc(-c2cc(C(=O)Nc3nn(Cc4ccc(Cl)c(Cl)c4)cc3Br)no2)cc1. The van der Waals surface area contributed by atoms with Gasteiger partial charge in [0.1, 0.15) is 0 Å². The summed E-state index contributed by atoms with van der Waals surface area (Å²) in [5.41, 5.74) is 3.07. The molecule has 0 bridgehead atoms. The molecule has 0 aliphatic rings. The van der Waals surface area contributed by atoms with Gasteiger partial charge < -0.3 is 9.84 Å². The summed E-state index contributed by atoms with van der Waals surface area (Å²) in [6.45, 7) is 2.47. The summed E-state index contributed by atoms with van der Waals surface area (Å²) in [7, 11) is 0. The number of benzene rings is 2. The lowest BCUT2D eigenvalue weighted by atomic mass is 10.1. The lowest BCUT2D eigenvalue weighted by Crippen LogP contribution is -2.13. The topological polar surface area (TPSA) is 73.0 Å². The van der Waals surface area contributed by atoms with E-state index in [4.69, 9.17) is 27.7 Å². The Morgan fingerprint density at radius 3 is 2.63 bits per heavy atom. The van der Waals surface area contributed by atoms with Crippen LogP contribution in [0.3, 0.4) is 0 Å². The molecule has 2 aromatic carbocycles. The predicted molar refractivity (Wildman–Crippen MR) is 120 cm³/mol. The Labute approximate surface area is 190 Å². The van der Waals surface area contributed by atoms with Gasteiger partial charge in [-0.1, -0.05) is 64.3 Å². The molecule has 0 aliphatic carbocycles. The number of amides is 1. The lowest BCUT2D eigenvalue weighted by molar-refractivity contribution is 0.101. The van der Waals surface area contributed by atoms with Crippen molar-refractivity contribution in [2.24, 2.45) is 0 Å². The van der Waals surface area contributed by atoms with E-state index in [9.17, 15) is 4.79 Å². The Kier molecular flexibility index (Phi) is 5.94. The number of hydrogen-bond donors (Lipinski definition) is 1. The molecule has 6 nitrogen and oxygen atoms in total. The standard InChI is InChI=1S/C21H15BrCl2N4O2/c1-12-2-5-14(6-3-12)19-9-18(27-30-19)21(29)25-20-15(22)11-28(26-20)10-13-4-7-16(23)17(24)8-13/h2-9,11H,10H2,1H3,(H,25,26,29). The highest BCUT2D eigenvalue weighted by Crippen LogP contribution is 2.26. The van der Waals surface area contributed by atoms with Crippen LogP contribution in [0, 0.1) is 6.92 Å². The molecule has 0 unspecified atom stereocenters. The van der Waals surface area contributed by atoms with E-state index in [-0.39, 0.29) is 5.69 Å². The average Bonchev–Trinajstić information content (AvgIpc) is 3.33. The van der Waals surface area contributed by atoms with Crippen LogP contribution in [0.5, 0.6) is 0 Å². The number of halogens is 3. The van der Waals surface area contributed by atoms with E-state index in [1.165, 1.54) is 0 Å². The Balaban J connectivity index is 1.47. The zero-order valence-corrected chi connectivity index (χ0v) is 18.8. The predicted octanol–water partition coefficient (Wildman–Crippen LogP) is 6.22. The molecule has 0 saturated heterocycles. The Hall–Kier alpha value is -2.61. The van der Waals surface area contributed by atoms with Crippen LogP contribution in [0.15, 0.2) is 63.7 Å². The molecule has 0 aliphatic heterocycles. The van der Waals surface area contributed by atoms with E-state index in [2.05, 4.69) is 31.5 Å². The van der Waals surface area contributed by atoms with Crippen molar-refractivity contribution in [1.82, 2.24) is 14.9 Å². The average molecular weight is 506 g/mol. The van der Waals surface area contributed by atoms with E-state index < -0.39 is 5.91 Å². The van der Waals surface area contributed by atoms with Crippen molar-refractivity contribution in [3.05, 3.63) is 86.1 Å². The molecule has 30 heavy (non-hydrogen) atoms. The van der Waals surface area contributed by atoms with Crippen molar-refractivity contribution >= 4 is 50.9 Å². The lowest BCUT2D eigenvalue weighted by Gasteiger charge is -2.04. The first-order chi connectivity index (χ1) is 14.4. The Morgan fingerprint density at radius 2 is 1.90 bits per heavy atom. The number of hydrogen-bond acceptors (Lipinski definition) is 4. The van der Waals surface area contributed by atoms with Crippen molar-refractivity contribution in [3.8, 4) is 11.3 Å². The van der Waals surface area contributed by atoms with Crippen LogP contribution in [-0.2, 0) is 6.54 Å². The van der Waals surface area contributed by atoms with Gasteiger partial charge in [-0.2, -0.15) is 5.10 Å². The van der Waals surface area contributed by atoms with Gasteiger partial charge in [0.25, 0.3) is 5.91 Å². The second-order valence-electron chi connectivity index (χ2n) is 6.67. The van der Waals surface area contributed by atoms with Crippen LogP contribution in [0.1, 0.15) is 21.6 Å². The van der Waals surface area contributed by atoms with E-state index in [0.717, 1.165) is 16.7 Å². The van der Waals surface area contributed by atoms with Gasteiger partial charge in [0.15, 0.2) is 17.3 Å². The van der Waals surface area contributed by atoms with Gasteiger partial charge in [-0.3, -0.25) is 9.48 Å². The van der Waals surface area contributed by atoms with Gasteiger partial charge >= 0.3 is 0 Å². The molecule has 2 aromatic heterocycles. The molecule has 0 radical (unpaired) electrons. The number of carbonyl (C=O) groups excluding carboxylic acids is 1. The minimum absolute atomic E-state index is 0.163. The minimum atomic E-state index is -0.419. The summed E-state index contributed by atoms with van der Waals surface area (Å²) < 4.78 is 7.63. The molecule has 4 aromatic rings. The van der Waals surface area contributed by atoms with Gasteiger partial charge in [0.05, 0.1) is 21.1 Å². The highest BCUT2D eigenvalue weighted by atomic mass is 79.9. The van der Waals surface area contributed by atoms with Gasteiger partial charge in [-0.15, -0.1) is 0 Å². The maximum absolute atomic E-state index is 12.6. The number of aryl methyl sites for hydroxylation is 1. The summed E-state index contributed by atoms with van der Waals surface area (Å²) in [6, 6.07) is 14.7. The fraction of sp³-hybridized carbons (Fsp3) is 0.0952. The summed E-state index contributed by atoms with van der Waals surface area (Å²) >= 11 is 15.4. The van der Waals surface area contributed by atoms with Crippen molar-refractivity contribution in [2.45, 2.75) is 13.5 Å². The van der Waals surface area contributed by atoms with Crippen LogP contribution in [0.2, 0.25) is 10.0 Å². The third kappa shape index (κ3) is 4.59. The summed E-state index contributed by atoms with van der Waals surface area (Å²) in [5, 5.41) is 12.0. The van der Waals surface area contributed by atoms with E-state index >= 15 is 0 Å². The summed E-state index contributed by atoms with van der Waals surface area (Å²) in [5.74, 6) is 0.474. The fourth-order valence-electron chi connectivity index (χ4n) is 2.80. The van der Waals surface area contributed by atoms with Crippen molar-refractivity contribution in [3.63, 3.8) is 0 Å². The fourth-order valence-corrected chi connectivity index (χ4v) is 3.53. The first-order valence-electron chi connectivity index (χ1n) is 8.91. The second-order valence-corrected chi connectivity index (χ2v) is 8.34. The molecular formula is C21H15BrCl2N4O2. The number of aromatic nitrogens is 3. The normalized spacial score (nSPS) is 10.9. The number of rotatable bonds is 5. The smallest absolute Gasteiger partial charge is 0.279 e. The zero-order chi connectivity index (χ0) is 21.3. The number of nitrogens with zero attached hydrogens (tertiary/aromatic N) is 3. The number of carbonyl (C=O) groups is 1. The van der Waals surface area contributed by atoms with Crippen LogP contribution in [-0.4, -0.2) is 20.8 Å². The van der Waals surface area contributed by atoms with Crippen LogP contribution >= 0.6 is 39.1 Å². The Bertz CT molecular complexity index is 1220. The largest absolute Gasteiger partial charge is 0.355 e. The molecular weight excluding hydrogens is 491 g/mol. The highest BCUT2D eigenvalue weighted by Gasteiger charge is 2.17. The first kappa shape index (κ1) is 20.7. The molecule has 0 spiro atoms. The highest BCUT2D eigenvalue weighted by molar-refractivity contribution is 9.10. The third-order valence-corrected chi connectivity index (χ3v) is 5.68. The van der Waals surface area contributed by atoms with E-state index in [1.807, 2.05) is 37.3 Å². The Morgan fingerprint density at radius 1 is 1.13 bits per heavy atom. The molecule has 4 rings (SSSR count). The van der Waals surface area contributed by atoms with Gasteiger partial charge in [-0.05, 0) is 40.5 Å². The van der Waals surface area contributed by atoms with Crippen LogP contribution < -0.4 is 5.32 Å². The molecule has 2 heterocycles. The summed E-state index contributed by atoms with van der Waals surface area (Å²) in [6.07, 6.45) is 1.76. The molecule has 0 atom stereocenters. The van der Waals surface area contributed by atoms with Gasteiger partial charge in [0.2, 0.25) is 0 Å². The molecule has 9 heteroatoms. The van der Waals surface area contributed by atoms with Crippen molar-refractivity contribution in [1.29, 1.82) is 0 Å². The zero-order valence-electron chi connectivity index (χ0n) is 15.7. The van der Waals surface area contributed by atoms with Gasteiger partial charge in [-0.25, -0.2) is 0 Å². The molecule has 152 valence electrons. The first-order valence-corrected chi connectivity index (χ1v) is 10.5. The van der Waals surface area contributed by atoms with Gasteiger partial charge in [0, 0.05) is 17.8 Å². The second kappa shape index (κ2) is 8.63. The van der Waals surface area contributed by atoms with Crippen molar-refractivity contribution < 1.29 is 9.32 Å². The number of anilines is 1. The molecule has 0 saturated carbocycles. The molecule has 1 amide bonds.